The molecule has 5 N–H and O–H groups in total. The van der Waals surface area contributed by atoms with E-state index in [1.54, 1.807) is 35.8 Å². The molecule has 8 nitrogen and oxygen atoms in total. The number of nitrogens with one attached hydrogen (secondary N) is 3. The lowest BCUT2D eigenvalue weighted by molar-refractivity contribution is 0.228. The van der Waals surface area contributed by atoms with Crippen molar-refractivity contribution in [3.05, 3.63) is 63.6 Å². The van der Waals surface area contributed by atoms with E-state index >= 15 is 0 Å². The fourth-order valence-corrected chi connectivity index (χ4v) is 2.36. The molecule has 0 unspecified atom stereocenters. The first-order chi connectivity index (χ1) is 12.1. The largest absolute Gasteiger partial charge is 0.294 e. The normalized spacial score (nSPS) is 10.8. The standard InChI is InChI=1S/C8H8Cl2N4O.C7H8O3S/c9-6-3-1-2-5(7(6)10)4-12-13-8(11)14-15;1-6-2-4-7(5-3-6)11(8,9)10/h1-4,15H,(H3,11,13,14);2-5H,1H3,(H,8,9,10)/b12-4+;. The maximum Gasteiger partial charge on any atom is 0.294 e. The third-order valence-electron chi connectivity index (χ3n) is 2.79. The smallest absolute Gasteiger partial charge is 0.288 e. The molecule has 0 bridgehead atoms. The van der Waals surface area contributed by atoms with Gasteiger partial charge in [-0.25, -0.2) is 10.9 Å². The molecule has 2 rings (SSSR count). The van der Waals surface area contributed by atoms with Crippen LogP contribution >= 0.6 is 23.2 Å². The molecule has 0 aliphatic rings. The lowest BCUT2D eigenvalue weighted by Crippen LogP contribution is -2.30. The molecule has 26 heavy (non-hydrogen) atoms. The molecule has 0 fully saturated rings. The molecule has 2 aromatic carbocycles. The minimum Gasteiger partial charge on any atom is -0.288 e. The monoisotopic (exact) mass is 418 g/mol. The molecular formula is C15H16Cl2N4O4S. The summed E-state index contributed by atoms with van der Waals surface area (Å²) in [6, 6.07) is 11.1. The van der Waals surface area contributed by atoms with Crippen molar-refractivity contribution in [1.82, 2.24) is 10.9 Å². The Morgan fingerprint density at radius 3 is 2.35 bits per heavy atom. The number of hydroxylamine groups is 1. The molecule has 0 aromatic heterocycles. The van der Waals surface area contributed by atoms with Crippen molar-refractivity contribution < 1.29 is 18.2 Å². The van der Waals surface area contributed by atoms with Crippen LogP contribution in [0.4, 0.5) is 0 Å². The Morgan fingerprint density at radius 2 is 1.81 bits per heavy atom. The zero-order valence-electron chi connectivity index (χ0n) is 13.4. The van der Waals surface area contributed by atoms with Gasteiger partial charge in [0.15, 0.2) is 0 Å². The van der Waals surface area contributed by atoms with Crippen LogP contribution in [0.3, 0.4) is 0 Å². The second kappa shape index (κ2) is 10.1. The molecule has 0 aliphatic heterocycles. The molecule has 0 spiro atoms. The summed E-state index contributed by atoms with van der Waals surface area (Å²) < 4.78 is 29.6. The molecule has 0 saturated carbocycles. The van der Waals surface area contributed by atoms with E-state index in [4.69, 9.17) is 38.4 Å². The van der Waals surface area contributed by atoms with Gasteiger partial charge in [0.2, 0.25) is 5.96 Å². The molecule has 0 amide bonds. The van der Waals surface area contributed by atoms with Gasteiger partial charge in [-0.1, -0.05) is 53.0 Å². The number of benzene rings is 2. The second-order valence-corrected chi connectivity index (χ2v) is 6.99. The highest BCUT2D eigenvalue weighted by atomic mass is 35.5. The lowest BCUT2D eigenvalue weighted by Gasteiger charge is -2.01. The highest BCUT2D eigenvalue weighted by Crippen LogP contribution is 2.23. The van der Waals surface area contributed by atoms with Gasteiger partial charge in [-0.05, 0) is 25.1 Å². The third-order valence-corrected chi connectivity index (χ3v) is 4.49. The lowest BCUT2D eigenvalue weighted by atomic mass is 10.2. The molecule has 140 valence electrons. The summed E-state index contributed by atoms with van der Waals surface area (Å²) in [7, 11) is -4.02. The molecule has 0 radical (unpaired) electrons. The Bertz CT molecular complexity index is 887. The van der Waals surface area contributed by atoms with Crippen LogP contribution in [0.2, 0.25) is 10.0 Å². The summed E-state index contributed by atoms with van der Waals surface area (Å²) in [6.07, 6.45) is 1.39. The van der Waals surface area contributed by atoms with E-state index in [-0.39, 0.29) is 10.9 Å². The van der Waals surface area contributed by atoms with Gasteiger partial charge >= 0.3 is 0 Å². The Hall–Kier alpha value is -2.17. The molecule has 2 aromatic rings. The van der Waals surface area contributed by atoms with Crippen molar-refractivity contribution in [1.29, 1.82) is 5.41 Å². The van der Waals surface area contributed by atoms with Gasteiger partial charge in [-0.3, -0.25) is 15.2 Å². The van der Waals surface area contributed by atoms with Gasteiger partial charge in [0, 0.05) is 5.56 Å². The first-order valence-electron chi connectivity index (χ1n) is 6.91. The number of nitrogens with zero attached hydrogens (tertiary/aromatic N) is 1. The van der Waals surface area contributed by atoms with Crippen LogP contribution in [0.15, 0.2) is 52.5 Å². The number of guanidine groups is 1. The number of hydrogen-bond acceptors (Lipinski definition) is 5. The van der Waals surface area contributed by atoms with Crippen molar-refractivity contribution in [3.63, 3.8) is 0 Å². The van der Waals surface area contributed by atoms with Crippen molar-refractivity contribution in [2.45, 2.75) is 11.8 Å². The van der Waals surface area contributed by atoms with Gasteiger partial charge in [-0.15, -0.1) is 0 Å². The SMILES string of the molecule is Cc1ccc(S(=O)(=O)O)cc1.N=C(NO)N/N=C/c1cccc(Cl)c1Cl. The van der Waals surface area contributed by atoms with Crippen molar-refractivity contribution in [2.24, 2.45) is 5.10 Å². The van der Waals surface area contributed by atoms with Crippen LogP contribution in [0.1, 0.15) is 11.1 Å². The summed E-state index contributed by atoms with van der Waals surface area (Å²) in [6.45, 7) is 1.84. The quantitative estimate of drug-likeness (QED) is 0.225. The summed E-state index contributed by atoms with van der Waals surface area (Å²) in [5, 5.41) is 19.7. The summed E-state index contributed by atoms with van der Waals surface area (Å²) in [4.78, 5) is -0.0666. The van der Waals surface area contributed by atoms with Crippen molar-refractivity contribution >= 4 is 45.5 Å². The number of hydrogen-bond donors (Lipinski definition) is 5. The molecule has 0 atom stereocenters. The second-order valence-electron chi connectivity index (χ2n) is 4.79. The number of halogens is 2. The summed E-state index contributed by atoms with van der Waals surface area (Å²) >= 11 is 11.6. The first kappa shape index (κ1) is 21.9. The minimum atomic E-state index is -4.02. The Labute approximate surface area is 160 Å². The van der Waals surface area contributed by atoms with Crippen LogP contribution in [0.25, 0.3) is 0 Å². The van der Waals surface area contributed by atoms with Gasteiger partial charge in [-0.2, -0.15) is 13.5 Å². The van der Waals surface area contributed by atoms with E-state index in [2.05, 4.69) is 10.5 Å². The van der Waals surface area contributed by atoms with Crippen LogP contribution in [-0.2, 0) is 10.1 Å². The summed E-state index contributed by atoms with van der Waals surface area (Å²) in [5.74, 6) is -0.343. The van der Waals surface area contributed by atoms with Crippen LogP contribution < -0.4 is 10.9 Å². The van der Waals surface area contributed by atoms with E-state index < -0.39 is 10.1 Å². The minimum absolute atomic E-state index is 0.0666. The van der Waals surface area contributed by atoms with E-state index in [0.717, 1.165) is 5.56 Å². The third kappa shape index (κ3) is 7.38. The Kier molecular flexibility index (Phi) is 8.49. The molecule has 0 saturated heterocycles. The van der Waals surface area contributed by atoms with Gasteiger partial charge in [0.25, 0.3) is 10.1 Å². The summed E-state index contributed by atoms with van der Waals surface area (Å²) in [5.41, 5.74) is 5.36. The van der Waals surface area contributed by atoms with Crippen LogP contribution in [0, 0.1) is 12.3 Å². The van der Waals surface area contributed by atoms with Crippen LogP contribution in [0.5, 0.6) is 0 Å². The fourth-order valence-electron chi connectivity index (χ4n) is 1.52. The van der Waals surface area contributed by atoms with E-state index in [1.165, 1.54) is 18.3 Å². The van der Waals surface area contributed by atoms with E-state index in [9.17, 15) is 8.42 Å². The number of rotatable bonds is 3. The van der Waals surface area contributed by atoms with Gasteiger partial charge in [0.1, 0.15) is 0 Å². The van der Waals surface area contributed by atoms with E-state index in [1.807, 2.05) is 6.92 Å². The Morgan fingerprint density at radius 1 is 1.19 bits per heavy atom. The predicted octanol–water partition coefficient (Wildman–Crippen LogP) is 3.07. The maximum atomic E-state index is 10.5. The van der Waals surface area contributed by atoms with Crippen molar-refractivity contribution in [2.75, 3.05) is 0 Å². The van der Waals surface area contributed by atoms with Gasteiger partial charge in [0.05, 0.1) is 21.2 Å². The zero-order valence-corrected chi connectivity index (χ0v) is 15.8. The Balaban J connectivity index is 0.000000273. The average Bonchev–Trinajstić information content (AvgIpc) is 2.58. The highest BCUT2D eigenvalue weighted by Gasteiger charge is 2.06. The van der Waals surface area contributed by atoms with Crippen molar-refractivity contribution in [3.8, 4) is 0 Å². The number of hydrazone groups is 1. The van der Waals surface area contributed by atoms with Crippen LogP contribution in [-0.4, -0.2) is 30.4 Å². The first-order valence-corrected chi connectivity index (χ1v) is 9.10. The fraction of sp³-hybridized carbons (Fsp3) is 0.0667. The topological polar surface area (TPSA) is 135 Å². The molecule has 11 heteroatoms. The maximum absolute atomic E-state index is 10.5. The average molecular weight is 419 g/mol. The number of aryl methyl sites for hydroxylation is 1. The molecule has 0 aliphatic carbocycles. The predicted molar refractivity (Wildman–Crippen MR) is 101 cm³/mol. The molecular weight excluding hydrogens is 403 g/mol. The van der Waals surface area contributed by atoms with Gasteiger partial charge < -0.3 is 0 Å². The highest BCUT2D eigenvalue weighted by molar-refractivity contribution is 7.85. The van der Waals surface area contributed by atoms with E-state index in [0.29, 0.717) is 15.6 Å². The zero-order chi connectivity index (χ0) is 19.7. The molecule has 0 heterocycles.